The van der Waals surface area contributed by atoms with Gasteiger partial charge in [-0.1, -0.05) is 6.07 Å². The Morgan fingerprint density at radius 1 is 1.52 bits per heavy atom. The van der Waals surface area contributed by atoms with Gasteiger partial charge in [-0.3, -0.25) is 15.0 Å². The number of nitro benzene ring substituents is 1. The Balaban J connectivity index is 2.09. The number of aliphatic hydroxyl groups excluding tert-OH is 1. The first-order valence-electron chi connectivity index (χ1n) is 6.96. The highest BCUT2D eigenvalue weighted by atomic mass is 16.6. The first-order valence-corrected chi connectivity index (χ1v) is 6.96. The number of nitrogens with zero attached hydrogens (tertiary/aromatic N) is 3. The molecule has 1 saturated heterocycles. The normalized spacial score (nSPS) is 22.9. The molecule has 0 aliphatic carbocycles. The average molecular weight is 294 g/mol. The van der Waals surface area contributed by atoms with Crippen LogP contribution in [0.4, 0.5) is 11.4 Å². The smallest absolute Gasteiger partial charge is 0.292 e. The van der Waals surface area contributed by atoms with Crippen molar-refractivity contribution in [3.05, 3.63) is 33.9 Å². The number of nitrogens with two attached hydrogens (primary N) is 1. The third-order valence-electron chi connectivity index (χ3n) is 3.76. The van der Waals surface area contributed by atoms with Crippen LogP contribution in [0.15, 0.2) is 18.2 Å². The largest absolute Gasteiger partial charge is 0.393 e. The maximum atomic E-state index is 10.8. The third-order valence-corrected chi connectivity index (χ3v) is 3.76. The van der Waals surface area contributed by atoms with E-state index in [1.807, 2.05) is 14.1 Å². The summed E-state index contributed by atoms with van der Waals surface area (Å²) in [6.45, 7) is 2.13. The van der Waals surface area contributed by atoms with Gasteiger partial charge in [0, 0.05) is 31.7 Å². The molecule has 2 unspecified atom stereocenters. The molecule has 1 aliphatic rings. The van der Waals surface area contributed by atoms with Crippen molar-refractivity contribution in [2.45, 2.75) is 25.1 Å². The van der Waals surface area contributed by atoms with Crippen LogP contribution in [0, 0.1) is 10.1 Å². The molecule has 1 heterocycles. The highest BCUT2D eigenvalue weighted by Crippen LogP contribution is 2.25. The molecule has 2 rings (SSSR count). The van der Waals surface area contributed by atoms with Crippen molar-refractivity contribution in [1.29, 1.82) is 0 Å². The predicted molar refractivity (Wildman–Crippen MR) is 80.9 cm³/mol. The monoisotopic (exact) mass is 294 g/mol. The number of likely N-dealkylation sites (tertiary alicyclic amines) is 1. The van der Waals surface area contributed by atoms with Gasteiger partial charge in [-0.25, -0.2) is 0 Å². The van der Waals surface area contributed by atoms with E-state index >= 15 is 0 Å². The first kappa shape index (κ1) is 15.7. The molecule has 7 nitrogen and oxygen atoms in total. The average Bonchev–Trinajstić information content (AvgIpc) is 2.68. The molecule has 0 amide bonds. The highest BCUT2D eigenvalue weighted by Gasteiger charge is 2.31. The first-order chi connectivity index (χ1) is 9.86. The van der Waals surface area contributed by atoms with Crippen LogP contribution in [0.2, 0.25) is 0 Å². The minimum atomic E-state index is -0.479. The number of hydrogen-bond acceptors (Lipinski definition) is 6. The van der Waals surface area contributed by atoms with Crippen molar-refractivity contribution in [2.24, 2.45) is 0 Å². The van der Waals surface area contributed by atoms with E-state index in [2.05, 4.69) is 9.80 Å². The number of nitro groups is 1. The van der Waals surface area contributed by atoms with Crippen LogP contribution in [0.25, 0.3) is 0 Å². The molecule has 0 spiro atoms. The van der Waals surface area contributed by atoms with Crippen molar-refractivity contribution in [2.75, 3.05) is 32.9 Å². The van der Waals surface area contributed by atoms with E-state index in [1.165, 1.54) is 6.07 Å². The van der Waals surface area contributed by atoms with Gasteiger partial charge in [-0.05, 0) is 32.1 Å². The molecule has 116 valence electrons. The maximum Gasteiger partial charge on any atom is 0.292 e. The lowest BCUT2D eigenvalue weighted by Gasteiger charge is -2.26. The van der Waals surface area contributed by atoms with Gasteiger partial charge in [0.2, 0.25) is 0 Å². The number of rotatable bonds is 5. The molecule has 1 fully saturated rings. The molecule has 21 heavy (non-hydrogen) atoms. The molecule has 2 atom stereocenters. The summed E-state index contributed by atoms with van der Waals surface area (Å²) in [6, 6.07) is 5.10. The molecule has 0 bridgehead atoms. The summed E-state index contributed by atoms with van der Waals surface area (Å²) in [7, 11) is 4.01. The van der Waals surface area contributed by atoms with Gasteiger partial charge in [-0.15, -0.1) is 0 Å². The molecule has 3 N–H and O–H groups in total. The molecule has 0 aromatic heterocycles. The number of likely N-dealkylation sites (N-methyl/N-ethyl adjacent to an activating group) is 1. The summed E-state index contributed by atoms with van der Waals surface area (Å²) < 4.78 is 0. The number of hydrogen-bond donors (Lipinski definition) is 2. The Hall–Kier alpha value is -1.70. The SMILES string of the molecule is CN(C)CC1CC(O)CN1Cc1ccc([N+](=O)[O-])c(N)c1. The fraction of sp³-hybridized carbons (Fsp3) is 0.571. The quantitative estimate of drug-likeness (QED) is 0.471. The number of nitrogen functional groups attached to an aromatic ring is 1. The van der Waals surface area contributed by atoms with Gasteiger partial charge in [0.05, 0.1) is 11.0 Å². The van der Waals surface area contributed by atoms with E-state index in [0.717, 1.165) is 18.5 Å². The second-order valence-corrected chi connectivity index (χ2v) is 5.89. The molecule has 0 saturated carbocycles. The standard InChI is InChI=1S/C14H22N4O3/c1-16(2)8-11-6-12(19)9-17(11)7-10-3-4-14(18(20)21)13(15)5-10/h3-5,11-12,19H,6-9,15H2,1-2H3. The molecule has 1 aliphatic heterocycles. The van der Waals surface area contributed by atoms with Gasteiger partial charge in [0.1, 0.15) is 5.69 Å². The van der Waals surface area contributed by atoms with E-state index < -0.39 is 4.92 Å². The zero-order chi connectivity index (χ0) is 15.6. The predicted octanol–water partition coefficient (Wildman–Crippen LogP) is 0.674. The Bertz CT molecular complexity index is 521. The van der Waals surface area contributed by atoms with Crippen molar-refractivity contribution < 1.29 is 10.0 Å². The van der Waals surface area contributed by atoms with Crippen molar-refractivity contribution in [1.82, 2.24) is 9.80 Å². The third kappa shape index (κ3) is 3.90. The number of aliphatic hydroxyl groups is 1. The summed E-state index contributed by atoms with van der Waals surface area (Å²) in [5, 5.41) is 20.6. The fourth-order valence-corrected chi connectivity index (χ4v) is 2.87. The van der Waals surface area contributed by atoms with Gasteiger partial charge < -0.3 is 15.7 Å². The second kappa shape index (κ2) is 6.38. The Morgan fingerprint density at radius 3 is 2.81 bits per heavy atom. The fourth-order valence-electron chi connectivity index (χ4n) is 2.87. The van der Waals surface area contributed by atoms with E-state index in [0.29, 0.717) is 13.1 Å². The van der Waals surface area contributed by atoms with E-state index in [9.17, 15) is 15.2 Å². The minimum Gasteiger partial charge on any atom is -0.393 e. The number of benzene rings is 1. The van der Waals surface area contributed by atoms with Crippen LogP contribution in [0.5, 0.6) is 0 Å². The van der Waals surface area contributed by atoms with Crippen LogP contribution >= 0.6 is 0 Å². The molecular formula is C14H22N4O3. The van der Waals surface area contributed by atoms with Crippen LogP contribution in [-0.2, 0) is 6.54 Å². The zero-order valence-electron chi connectivity index (χ0n) is 12.4. The summed E-state index contributed by atoms with van der Waals surface area (Å²) in [6.07, 6.45) is 0.436. The number of β-amino-alcohol motifs (C(OH)–C–C–N with tert-alkyl or cyclic N) is 1. The lowest BCUT2D eigenvalue weighted by molar-refractivity contribution is -0.383. The summed E-state index contributed by atoms with van der Waals surface area (Å²) in [5.41, 5.74) is 6.77. The van der Waals surface area contributed by atoms with Crippen LogP contribution in [-0.4, -0.2) is 59.2 Å². The number of anilines is 1. The second-order valence-electron chi connectivity index (χ2n) is 5.89. The van der Waals surface area contributed by atoms with Crippen molar-refractivity contribution in [3.63, 3.8) is 0 Å². The van der Waals surface area contributed by atoms with Crippen LogP contribution in [0.1, 0.15) is 12.0 Å². The summed E-state index contributed by atoms with van der Waals surface area (Å²) in [5.74, 6) is 0. The van der Waals surface area contributed by atoms with Gasteiger partial charge in [0.25, 0.3) is 5.69 Å². The lowest BCUT2D eigenvalue weighted by atomic mass is 10.1. The minimum absolute atomic E-state index is 0.0648. The molecule has 0 radical (unpaired) electrons. The molecular weight excluding hydrogens is 272 g/mol. The maximum absolute atomic E-state index is 10.8. The van der Waals surface area contributed by atoms with Gasteiger partial charge in [-0.2, -0.15) is 0 Å². The van der Waals surface area contributed by atoms with E-state index in [-0.39, 0.29) is 23.5 Å². The zero-order valence-corrected chi connectivity index (χ0v) is 12.4. The molecule has 1 aromatic rings. The Morgan fingerprint density at radius 2 is 2.24 bits per heavy atom. The van der Waals surface area contributed by atoms with E-state index in [1.54, 1.807) is 12.1 Å². The molecule has 7 heteroatoms. The van der Waals surface area contributed by atoms with Crippen LogP contribution < -0.4 is 5.73 Å². The topological polar surface area (TPSA) is 95.9 Å². The van der Waals surface area contributed by atoms with Gasteiger partial charge >= 0.3 is 0 Å². The van der Waals surface area contributed by atoms with Crippen molar-refractivity contribution >= 4 is 11.4 Å². The Kier molecular flexibility index (Phi) is 4.76. The summed E-state index contributed by atoms with van der Waals surface area (Å²) in [4.78, 5) is 14.6. The molecule has 1 aromatic carbocycles. The van der Waals surface area contributed by atoms with Crippen LogP contribution in [0.3, 0.4) is 0 Å². The highest BCUT2D eigenvalue weighted by molar-refractivity contribution is 5.59. The Labute approximate surface area is 124 Å². The summed E-state index contributed by atoms with van der Waals surface area (Å²) >= 11 is 0. The van der Waals surface area contributed by atoms with Crippen molar-refractivity contribution in [3.8, 4) is 0 Å². The lowest BCUT2D eigenvalue weighted by Crippen LogP contribution is -2.37. The van der Waals surface area contributed by atoms with Gasteiger partial charge in [0.15, 0.2) is 0 Å². The van der Waals surface area contributed by atoms with E-state index in [4.69, 9.17) is 5.73 Å².